The van der Waals surface area contributed by atoms with Crippen LogP contribution in [-0.4, -0.2) is 28.6 Å². The number of halogens is 1. The van der Waals surface area contributed by atoms with E-state index in [-0.39, 0.29) is 0 Å². The van der Waals surface area contributed by atoms with Gasteiger partial charge in [0, 0.05) is 23.5 Å². The van der Waals surface area contributed by atoms with Crippen LogP contribution in [0, 0.1) is 0 Å². The van der Waals surface area contributed by atoms with Gasteiger partial charge in [-0.15, -0.1) is 11.3 Å². The molecule has 5 heteroatoms. The zero-order valence-corrected chi connectivity index (χ0v) is 12.4. The predicted octanol–water partition coefficient (Wildman–Crippen LogP) is 3.35. The molecule has 1 aromatic carbocycles. The van der Waals surface area contributed by atoms with Crippen molar-refractivity contribution in [1.29, 1.82) is 0 Å². The zero-order valence-electron chi connectivity index (χ0n) is 10.8. The second kappa shape index (κ2) is 7.01. The van der Waals surface area contributed by atoms with Gasteiger partial charge in [0.05, 0.1) is 17.3 Å². The third-order valence-electron chi connectivity index (χ3n) is 2.93. The number of hydrogen-bond acceptors (Lipinski definition) is 4. The van der Waals surface area contributed by atoms with Gasteiger partial charge in [0.15, 0.2) is 0 Å². The average molecular weight is 297 g/mol. The molecule has 0 aliphatic rings. The van der Waals surface area contributed by atoms with Crippen molar-refractivity contribution in [2.24, 2.45) is 0 Å². The summed E-state index contributed by atoms with van der Waals surface area (Å²) in [7, 11) is 2.03. The van der Waals surface area contributed by atoms with Crippen molar-refractivity contribution in [3.63, 3.8) is 0 Å². The number of benzene rings is 1. The Bertz CT molecular complexity index is 504. The van der Waals surface area contributed by atoms with Gasteiger partial charge in [0.25, 0.3) is 0 Å². The van der Waals surface area contributed by atoms with Gasteiger partial charge >= 0.3 is 0 Å². The summed E-state index contributed by atoms with van der Waals surface area (Å²) in [5, 5.41) is 12.8. The number of thiazole rings is 1. The van der Waals surface area contributed by atoms with Crippen LogP contribution in [0.4, 0.5) is 0 Å². The minimum absolute atomic E-state index is 0.475. The maximum absolute atomic E-state index is 10.1. The van der Waals surface area contributed by atoms with Crippen molar-refractivity contribution in [3.8, 4) is 0 Å². The van der Waals surface area contributed by atoms with Gasteiger partial charge in [-0.1, -0.05) is 23.7 Å². The average Bonchev–Trinajstić information content (AvgIpc) is 2.88. The van der Waals surface area contributed by atoms with Crippen LogP contribution >= 0.6 is 22.9 Å². The van der Waals surface area contributed by atoms with E-state index in [1.54, 1.807) is 11.3 Å². The first-order chi connectivity index (χ1) is 9.15. The molecular formula is C14H17ClN2OS. The molecule has 0 saturated heterocycles. The van der Waals surface area contributed by atoms with E-state index in [0.29, 0.717) is 11.4 Å². The van der Waals surface area contributed by atoms with Crippen LogP contribution in [0.2, 0.25) is 5.02 Å². The number of hydrogen-bond donors (Lipinski definition) is 1. The van der Waals surface area contributed by atoms with E-state index in [0.717, 1.165) is 24.3 Å². The molecule has 19 heavy (non-hydrogen) atoms. The highest BCUT2D eigenvalue weighted by Gasteiger charge is 2.10. The molecule has 0 saturated carbocycles. The molecule has 0 radical (unpaired) electrons. The second-order valence-electron chi connectivity index (χ2n) is 4.58. The van der Waals surface area contributed by atoms with Crippen molar-refractivity contribution < 1.29 is 5.11 Å². The van der Waals surface area contributed by atoms with E-state index in [9.17, 15) is 5.11 Å². The Labute approximate surface area is 122 Å². The van der Waals surface area contributed by atoms with Crippen LogP contribution in [0.5, 0.6) is 0 Å². The van der Waals surface area contributed by atoms with Gasteiger partial charge in [-0.05, 0) is 31.2 Å². The third-order valence-corrected chi connectivity index (χ3v) is 3.80. The molecule has 0 spiro atoms. The van der Waals surface area contributed by atoms with Crippen molar-refractivity contribution in [2.45, 2.75) is 19.1 Å². The molecule has 0 aliphatic heterocycles. The van der Waals surface area contributed by atoms with Crippen molar-refractivity contribution in [3.05, 3.63) is 51.4 Å². The Morgan fingerprint density at radius 1 is 1.47 bits per heavy atom. The highest BCUT2D eigenvalue weighted by molar-refractivity contribution is 7.07. The van der Waals surface area contributed by atoms with E-state index >= 15 is 0 Å². The lowest BCUT2D eigenvalue weighted by Crippen LogP contribution is -2.21. The molecule has 0 fully saturated rings. The van der Waals surface area contributed by atoms with Crippen LogP contribution in [0.15, 0.2) is 35.2 Å². The summed E-state index contributed by atoms with van der Waals surface area (Å²) >= 11 is 7.52. The lowest BCUT2D eigenvalue weighted by atomic mass is 10.1. The molecule has 2 aromatic rings. The molecule has 3 nitrogen and oxygen atoms in total. The predicted molar refractivity (Wildman–Crippen MR) is 79.5 cm³/mol. The summed E-state index contributed by atoms with van der Waals surface area (Å²) in [4.78, 5) is 6.41. The quantitative estimate of drug-likeness (QED) is 0.888. The first-order valence-corrected chi connectivity index (χ1v) is 7.46. The molecule has 102 valence electrons. The molecule has 1 N–H and O–H groups in total. The third kappa shape index (κ3) is 4.58. The highest BCUT2D eigenvalue weighted by Crippen LogP contribution is 2.20. The number of aliphatic hydroxyl groups is 1. The first kappa shape index (κ1) is 14.5. The van der Waals surface area contributed by atoms with Gasteiger partial charge < -0.3 is 10.0 Å². The Balaban J connectivity index is 1.81. The van der Waals surface area contributed by atoms with Crippen LogP contribution in [0.3, 0.4) is 0 Å². The lowest BCUT2D eigenvalue weighted by Gasteiger charge is -2.18. The Kier molecular flexibility index (Phi) is 5.34. The van der Waals surface area contributed by atoms with Crippen LogP contribution in [-0.2, 0) is 6.54 Å². The number of aliphatic hydroxyl groups excluding tert-OH is 1. The molecule has 1 unspecified atom stereocenters. The summed E-state index contributed by atoms with van der Waals surface area (Å²) in [6.45, 7) is 1.62. The fourth-order valence-electron chi connectivity index (χ4n) is 1.89. The van der Waals surface area contributed by atoms with Crippen LogP contribution in [0.25, 0.3) is 0 Å². The molecule has 0 amide bonds. The summed E-state index contributed by atoms with van der Waals surface area (Å²) in [6, 6.07) is 7.38. The SMILES string of the molecule is CN(CCC(O)c1cccc(Cl)c1)Cc1cscn1. The number of nitrogens with zero attached hydrogens (tertiary/aromatic N) is 2. The van der Waals surface area contributed by atoms with Crippen LogP contribution < -0.4 is 0 Å². The van der Waals surface area contributed by atoms with Crippen molar-refractivity contribution in [1.82, 2.24) is 9.88 Å². The van der Waals surface area contributed by atoms with Crippen molar-refractivity contribution in [2.75, 3.05) is 13.6 Å². The van der Waals surface area contributed by atoms with E-state index in [1.165, 1.54) is 0 Å². The molecule has 2 rings (SSSR count). The maximum atomic E-state index is 10.1. The van der Waals surface area contributed by atoms with E-state index in [2.05, 4.69) is 9.88 Å². The smallest absolute Gasteiger partial charge is 0.0802 e. The normalized spacial score (nSPS) is 12.8. The van der Waals surface area contributed by atoms with Crippen LogP contribution in [0.1, 0.15) is 23.8 Å². The molecule has 0 bridgehead atoms. The summed E-state index contributed by atoms with van der Waals surface area (Å²) in [5.74, 6) is 0. The minimum Gasteiger partial charge on any atom is -0.388 e. The van der Waals surface area contributed by atoms with Gasteiger partial charge in [-0.3, -0.25) is 0 Å². The van der Waals surface area contributed by atoms with Crippen molar-refractivity contribution >= 4 is 22.9 Å². The lowest BCUT2D eigenvalue weighted by molar-refractivity contribution is 0.147. The fraction of sp³-hybridized carbons (Fsp3) is 0.357. The summed E-state index contributed by atoms with van der Waals surface area (Å²) in [6.07, 6.45) is 0.206. The maximum Gasteiger partial charge on any atom is 0.0802 e. The Morgan fingerprint density at radius 3 is 3.00 bits per heavy atom. The molecular weight excluding hydrogens is 280 g/mol. The first-order valence-electron chi connectivity index (χ1n) is 6.14. The monoisotopic (exact) mass is 296 g/mol. The van der Waals surface area contributed by atoms with Gasteiger partial charge in [0.2, 0.25) is 0 Å². The Morgan fingerprint density at radius 2 is 2.32 bits per heavy atom. The topological polar surface area (TPSA) is 36.4 Å². The second-order valence-corrected chi connectivity index (χ2v) is 5.73. The molecule has 1 aromatic heterocycles. The number of aromatic nitrogens is 1. The van der Waals surface area contributed by atoms with Gasteiger partial charge in [-0.2, -0.15) is 0 Å². The number of rotatable bonds is 6. The Hall–Kier alpha value is -0.940. The summed E-state index contributed by atoms with van der Waals surface area (Å²) in [5.41, 5.74) is 3.78. The van der Waals surface area contributed by atoms with Gasteiger partial charge in [0.1, 0.15) is 0 Å². The zero-order chi connectivity index (χ0) is 13.7. The molecule has 1 atom stereocenters. The van der Waals surface area contributed by atoms with Gasteiger partial charge in [-0.25, -0.2) is 4.98 Å². The van der Waals surface area contributed by atoms with E-state index in [1.807, 2.05) is 42.2 Å². The molecule has 0 aliphatic carbocycles. The summed E-state index contributed by atoms with van der Waals surface area (Å²) < 4.78 is 0. The minimum atomic E-state index is -0.475. The standard InChI is InChI=1S/C14H17ClN2OS/c1-17(8-13-9-19-10-16-13)6-5-14(18)11-3-2-4-12(15)7-11/h2-4,7,9-10,14,18H,5-6,8H2,1H3. The fourth-order valence-corrected chi connectivity index (χ4v) is 2.64. The van der Waals surface area contributed by atoms with E-state index < -0.39 is 6.10 Å². The van der Waals surface area contributed by atoms with E-state index in [4.69, 9.17) is 11.6 Å². The molecule has 1 heterocycles. The largest absolute Gasteiger partial charge is 0.388 e. The highest BCUT2D eigenvalue weighted by atomic mass is 35.5.